The third kappa shape index (κ3) is 9.19. The summed E-state index contributed by atoms with van der Waals surface area (Å²) in [6, 6.07) is 11.6. The van der Waals surface area contributed by atoms with Gasteiger partial charge in [-0.3, -0.25) is 18.7 Å². The summed E-state index contributed by atoms with van der Waals surface area (Å²) in [5.41, 5.74) is 2.27. The number of likely N-dealkylation sites (N-methyl/N-ethyl adjacent to an activating group) is 1. The fraction of sp³-hybridized carbons (Fsp3) is 0.259. The van der Waals surface area contributed by atoms with E-state index in [2.05, 4.69) is 32.1 Å². The summed E-state index contributed by atoms with van der Waals surface area (Å²) in [5.74, 6) is -1.53. The Bertz CT molecular complexity index is 1670. The second-order valence-corrected chi connectivity index (χ2v) is 14.5. The van der Waals surface area contributed by atoms with Crippen molar-refractivity contribution in [3.8, 4) is 17.0 Å². The highest BCUT2D eigenvalue weighted by Crippen LogP contribution is 2.61. The Balaban J connectivity index is 1.63. The van der Waals surface area contributed by atoms with Crippen LogP contribution in [0.5, 0.6) is 5.75 Å². The van der Waals surface area contributed by atoms with E-state index >= 15 is 0 Å². The zero-order chi connectivity index (χ0) is 32.9. The van der Waals surface area contributed by atoms with Gasteiger partial charge in [0.25, 0.3) is 0 Å². The topological polar surface area (TPSA) is 215 Å². The lowest BCUT2D eigenvalue weighted by Gasteiger charge is -2.34. The largest absolute Gasteiger partial charge is 0.424 e. The number of amides is 1. The van der Waals surface area contributed by atoms with E-state index in [1.807, 2.05) is 11.9 Å². The molecule has 0 bridgehead atoms. The van der Waals surface area contributed by atoms with E-state index in [0.29, 0.717) is 54.5 Å². The number of rotatable bonds is 11. The summed E-state index contributed by atoms with van der Waals surface area (Å²) in [6.07, 6.45) is 1.30. The van der Waals surface area contributed by atoms with Gasteiger partial charge in [0, 0.05) is 49.2 Å². The van der Waals surface area contributed by atoms with E-state index < -0.39 is 33.0 Å². The summed E-state index contributed by atoms with van der Waals surface area (Å²) >= 11 is 6.39. The number of hydrogen-bond donors (Lipinski definition) is 6. The van der Waals surface area contributed by atoms with Gasteiger partial charge in [-0.1, -0.05) is 30.3 Å². The monoisotopic (exact) mass is 680 g/mol. The van der Waals surface area contributed by atoms with Gasteiger partial charge < -0.3 is 44.7 Å². The van der Waals surface area contributed by atoms with Crippen LogP contribution in [0.4, 0.5) is 23.0 Å². The van der Waals surface area contributed by atoms with Crippen molar-refractivity contribution in [3.63, 3.8) is 0 Å². The molecule has 1 amide bonds. The molecular formula is C27H31ClN6O9P2. The van der Waals surface area contributed by atoms with Crippen molar-refractivity contribution in [3.05, 3.63) is 66.3 Å². The second kappa shape index (κ2) is 14.2. The molecule has 0 unspecified atom stereocenters. The maximum atomic E-state index is 12.8. The molecule has 3 aromatic rings. The molecule has 18 heteroatoms. The minimum Gasteiger partial charge on any atom is -0.424 e. The number of nitrogens with zero attached hydrogens (tertiary/aromatic N) is 4. The third-order valence-electron chi connectivity index (χ3n) is 6.74. The molecule has 2 heterocycles. The molecule has 15 nitrogen and oxygen atoms in total. The number of nitrogens with one attached hydrogen (secondary N) is 2. The van der Waals surface area contributed by atoms with Crippen LogP contribution in [0.2, 0.25) is 5.02 Å². The van der Waals surface area contributed by atoms with Gasteiger partial charge in [-0.25, -0.2) is 9.97 Å². The maximum Gasteiger partial charge on any atom is 0.341 e. The number of hydrogen-bond acceptors (Lipinski definition) is 10. The van der Waals surface area contributed by atoms with Crippen molar-refractivity contribution in [2.24, 2.45) is 0 Å². The molecular weight excluding hydrogens is 650 g/mol. The summed E-state index contributed by atoms with van der Waals surface area (Å²) in [4.78, 5) is 75.1. The van der Waals surface area contributed by atoms with Crippen molar-refractivity contribution in [1.29, 1.82) is 0 Å². The average molecular weight is 681 g/mol. The summed E-state index contributed by atoms with van der Waals surface area (Å²) in [6.45, 7) is 6.02. The molecule has 0 spiro atoms. The van der Waals surface area contributed by atoms with Gasteiger partial charge in [0.1, 0.15) is 0 Å². The Labute approximate surface area is 263 Å². The van der Waals surface area contributed by atoms with E-state index in [-0.39, 0.29) is 22.6 Å². The number of esters is 1. The number of carbonyl (C=O) groups is 2. The van der Waals surface area contributed by atoms with Gasteiger partial charge in [-0.15, -0.1) is 0 Å². The summed E-state index contributed by atoms with van der Waals surface area (Å²) in [7, 11) is -8.73. The lowest BCUT2D eigenvalue weighted by Crippen LogP contribution is -2.44. The van der Waals surface area contributed by atoms with Gasteiger partial charge in [0.2, 0.25) is 11.9 Å². The van der Waals surface area contributed by atoms with Crippen LogP contribution in [0.3, 0.4) is 0 Å². The van der Waals surface area contributed by atoms with Crippen LogP contribution in [-0.4, -0.2) is 84.9 Å². The first-order valence-corrected chi connectivity index (χ1v) is 17.1. The van der Waals surface area contributed by atoms with Crippen LogP contribution in [0, 0.1) is 0 Å². The van der Waals surface area contributed by atoms with Gasteiger partial charge in [0.15, 0.2) is 11.1 Å². The molecule has 0 radical (unpaired) electrons. The van der Waals surface area contributed by atoms with Crippen molar-refractivity contribution >= 4 is 61.7 Å². The Morgan fingerprint density at radius 1 is 1.07 bits per heavy atom. The minimum absolute atomic E-state index is 0.00965. The van der Waals surface area contributed by atoms with Crippen LogP contribution in [0.25, 0.3) is 11.3 Å². The van der Waals surface area contributed by atoms with E-state index in [9.17, 15) is 38.3 Å². The summed E-state index contributed by atoms with van der Waals surface area (Å²) in [5, 5.41) is 3.36. The predicted octanol–water partition coefficient (Wildman–Crippen LogP) is 3.39. The first-order valence-electron chi connectivity index (χ1n) is 13.4. The second-order valence-electron chi connectivity index (χ2n) is 10.1. The number of carbonyl (C=O) groups excluding carboxylic acids is 2. The molecule has 6 N–H and O–H groups in total. The van der Waals surface area contributed by atoms with Crippen molar-refractivity contribution in [2.75, 3.05) is 48.8 Å². The molecule has 1 saturated heterocycles. The third-order valence-corrected chi connectivity index (χ3v) is 10.7. The van der Waals surface area contributed by atoms with Crippen LogP contribution in [0.1, 0.15) is 6.42 Å². The zero-order valence-electron chi connectivity index (χ0n) is 23.9. The first-order chi connectivity index (χ1) is 21.1. The Morgan fingerprint density at radius 2 is 1.76 bits per heavy atom. The van der Waals surface area contributed by atoms with Gasteiger partial charge in [-0.05, 0) is 37.4 Å². The Morgan fingerprint density at radius 3 is 2.40 bits per heavy atom. The molecule has 45 heavy (non-hydrogen) atoms. The van der Waals surface area contributed by atoms with Gasteiger partial charge in [0.05, 0.1) is 29.0 Å². The van der Waals surface area contributed by atoms with Crippen LogP contribution in [0.15, 0.2) is 61.3 Å². The quantitative estimate of drug-likeness (QED) is 0.0741. The number of piperazine rings is 1. The van der Waals surface area contributed by atoms with Gasteiger partial charge in [-0.2, -0.15) is 0 Å². The van der Waals surface area contributed by atoms with Crippen molar-refractivity contribution in [1.82, 2.24) is 14.9 Å². The smallest absolute Gasteiger partial charge is 0.341 e. The SMILES string of the molecule is C=CC(=O)Nc1cccc(-c2nc(Nc3ccc(N4CCN(C)CC4)c(OC(=O)CC(P(=O)(O)O)P(=O)(O)O)c3)ncc2Cl)c1. The van der Waals surface area contributed by atoms with E-state index in [4.69, 9.17) is 16.3 Å². The van der Waals surface area contributed by atoms with Crippen LogP contribution < -0.4 is 20.3 Å². The van der Waals surface area contributed by atoms with Crippen LogP contribution >= 0.6 is 26.8 Å². The summed E-state index contributed by atoms with van der Waals surface area (Å²) < 4.78 is 28.9. The fourth-order valence-corrected chi connectivity index (χ4v) is 6.97. The molecule has 0 atom stereocenters. The Kier molecular flexibility index (Phi) is 10.8. The molecule has 1 aromatic heterocycles. The maximum absolute atomic E-state index is 12.8. The first kappa shape index (κ1) is 34.2. The number of benzene rings is 2. The molecule has 4 rings (SSSR count). The van der Waals surface area contributed by atoms with E-state index in [0.717, 1.165) is 6.08 Å². The number of aromatic nitrogens is 2. The average Bonchev–Trinajstić information content (AvgIpc) is 2.96. The lowest BCUT2D eigenvalue weighted by atomic mass is 10.1. The highest BCUT2D eigenvalue weighted by molar-refractivity contribution is 7.70. The molecule has 2 aromatic carbocycles. The molecule has 0 saturated carbocycles. The fourth-order valence-electron chi connectivity index (χ4n) is 4.43. The van der Waals surface area contributed by atoms with Crippen molar-refractivity contribution in [2.45, 2.75) is 11.8 Å². The number of ether oxygens (including phenoxy) is 1. The van der Waals surface area contributed by atoms with Gasteiger partial charge >= 0.3 is 21.2 Å². The normalized spacial score (nSPS) is 14.2. The molecule has 240 valence electrons. The van der Waals surface area contributed by atoms with Crippen LogP contribution in [-0.2, 0) is 18.7 Å². The van der Waals surface area contributed by atoms with E-state index in [1.54, 1.807) is 36.4 Å². The standard InChI is InChI=1S/C27H31ClN6O9P2/c1-3-23(35)30-18-6-4-5-17(13-18)26-20(28)16-29-27(32-26)31-19-7-8-21(34-11-9-33(2)10-12-34)22(14-19)43-24(36)15-25(44(37,38)39)45(40,41)42/h3-8,13-14,16,25H,1,9-12,15H2,2H3,(H,30,35)(H,29,31,32)(H2,37,38,39)(H2,40,41,42). The highest BCUT2D eigenvalue weighted by Gasteiger charge is 2.45. The van der Waals surface area contributed by atoms with Crippen molar-refractivity contribution < 1.29 is 43.0 Å². The van der Waals surface area contributed by atoms with E-state index in [1.165, 1.54) is 12.3 Å². The zero-order valence-corrected chi connectivity index (χ0v) is 26.5. The molecule has 1 aliphatic rings. The predicted molar refractivity (Wildman–Crippen MR) is 169 cm³/mol. The molecule has 1 aliphatic heterocycles. The number of halogens is 1. The molecule has 0 aliphatic carbocycles. The Hall–Kier alpha value is -3.65. The minimum atomic E-state index is -5.35. The lowest BCUT2D eigenvalue weighted by molar-refractivity contribution is -0.134. The highest BCUT2D eigenvalue weighted by atomic mass is 35.5. The molecule has 1 fully saturated rings. The number of anilines is 4.